The normalized spacial score (nSPS) is 12.4. The molecular formula is C12H18N6O2. The van der Waals surface area contributed by atoms with E-state index in [9.17, 15) is 4.79 Å². The Labute approximate surface area is 116 Å². The Morgan fingerprint density at radius 3 is 2.85 bits per heavy atom. The predicted molar refractivity (Wildman–Crippen MR) is 70.4 cm³/mol. The molecule has 0 aliphatic heterocycles. The van der Waals surface area contributed by atoms with E-state index in [0.717, 1.165) is 11.3 Å². The zero-order valence-corrected chi connectivity index (χ0v) is 11.8. The molecule has 0 spiro atoms. The molecular weight excluding hydrogens is 260 g/mol. The number of hydrogen-bond donors (Lipinski definition) is 2. The van der Waals surface area contributed by atoms with Crippen LogP contribution in [0.3, 0.4) is 0 Å². The lowest BCUT2D eigenvalue weighted by Crippen LogP contribution is -2.30. The van der Waals surface area contributed by atoms with Gasteiger partial charge in [-0.1, -0.05) is 10.4 Å². The molecule has 0 aliphatic rings. The number of aromatic nitrogens is 4. The maximum absolute atomic E-state index is 12.0. The molecule has 0 fully saturated rings. The summed E-state index contributed by atoms with van der Waals surface area (Å²) in [6, 6.07) is -0.175. The van der Waals surface area contributed by atoms with Crippen LogP contribution in [-0.2, 0) is 17.9 Å². The minimum absolute atomic E-state index is 0.0979. The minimum atomic E-state index is -0.175. The summed E-state index contributed by atoms with van der Waals surface area (Å²) in [5.41, 5.74) is 7.77. The van der Waals surface area contributed by atoms with E-state index in [-0.39, 0.29) is 18.5 Å². The number of nitrogens with zero attached hydrogens (tertiary/aromatic N) is 4. The predicted octanol–water partition coefficient (Wildman–Crippen LogP) is 0.219. The topological polar surface area (TPSA) is 112 Å². The lowest BCUT2D eigenvalue weighted by molar-refractivity contribution is -0.122. The van der Waals surface area contributed by atoms with Gasteiger partial charge >= 0.3 is 0 Å². The number of amides is 1. The van der Waals surface area contributed by atoms with Crippen molar-refractivity contribution < 1.29 is 9.32 Å². The molecule has 1 atom stereocenters. The molecule has 20 heavy (non-hydrogen) atoms. The molecule has 0 saturated carbocycles. The molecule has 8 nitrogen and oxygen atoms in total. The maximum Gasteiger partial charge on any atom is 0.242 e. The molecule has 108 valence electrons. The Morgan fingerprint density at radius 2 is 2.30 bits per heavy atom. The molecule has 8 heteroatoms. The van der Waals surface area contributed by atoms with Crippen molar-refractivity contribution in [1.82, 2.24) is 25.5 Å². The highest BCUT2D eigenvalue weighted by Gasteiger charge is 2.18. The maximum atomic E-state index is 12.0. The summed E-state index contributed by atoms with van der Waals surface area (Å²) in [6.07, 6.45) is 1.65. The molecule has 0 bridgehead atoms. The minimum Gasteiger partial charge on any atom is -0.361 e. The van der Waals surface area contributed by atoms with Gasteiger partial charge in [-0.2, -0.15) is 0 Å². The third-order valence-electron chi connectivity index (χ3n) is 3.00. The second kappa shape index (κ2) is 5.83. The van der Waals surface area contributed by atoms with E-state index in [2.05, 4.69) is 20.8 Å². The monoisotopic (exact) mass is 278 g/mol. The van der Waals surface area contributed by atoms with Crippen LogP contribution < -0.4 is 11.1 Å². The van der Waals surface area contributed by atoms with Gasteiger partial charge in [-0.05, 0) is 20.8 Å². The third-order valence-corrected chi connectivity index (χ3v) is 3.00. The van der Waals surface area contributed by atoms with Gasteiger partial charge in [0.25, 0.3) is 0 Å². The summed E-state index contributed by atoms with van der Waals surface area (Å²) < 4.78 is 6.55. The van der Waals surface area contributed by atoms with Gasteiger partial charge in [0.05, 0.1) is 23.6 Å². The number of nitrogens with one attached hydrogen (secondary N) is 1. The van der Waals surface area contributed by atoms with Crippen LogP contribution in [0.4, 0.5) is 0 Å². The second-order valence-corrected chi connectivity index (χ2v) is 4.64. The number of nitrogens with two attached hydrogens (primary N) is 1. The second-order valence-electron chi connectivity index (χ2n) is 4.64. The lowest BCUT2D eigenvalue weighted by Gasteiger charge is -2.13. The summed E-state index contributed by atoms with van der Waals surface area (Å²) in [5.74, 6) is 0.549. The van der Waals surface area contributed by atoms with E-state index < -0.39 is 0 Å². The van der Waals surface area contributed by atoms with Gasteiger partial charge < -0.3 is 15.6 Å². The van der Waals surface area contributed by atoms with Crippen LogP contribution in [-0.4, -0.2) is 26.1 Å². The highest BCUT2D eigenvalue weighted by atomic mass is 16.5. The first-order valence-corrected chi connectivity index (χ1v) is 6.32. The van der Waals surface area contributed by atoms with Gasteiger partial charge in [0.15, 0.2) is 0 Å². The van der Waals surface area contributed by atoms with Crippen LogP contribution in [0.25, 0.3) is 0 Å². The summed E-state index contributed by atoms with van der Waals surface area (Å²) in [4.78, 5) is 12.0. The quantitative estimate of drug-likeness (QED) is 0.809. The average molecular weight is 278 g/mol. The summed E-state index contributed by atoms with van der Waals surface area (Å²) in [7, 11) is 0. The molecule has 2 aromatic heterocycles. The molecule has 0 aliphatic carbocycles. The zero-order valence-electron chi connectivity index (χ0n) is 11.8. The van der Waals surface area contributed by atoms with E-state index in [1.54, 1.807) is 6.20 Å². The Balaban J connectivity index is 1.97. The number of carbonyl (C=O) groups excluding carboxylic acids is 1. The van der Waals surface area contributed by atoms with Crippen molar-refractivity contribution in [1.29, 1.82) is 0 Å². The molecule has 1 unspecified atom stereocenters. The van der Waals surface area contributed by atoms with Crippen molar-refractivity contribution in [3.05, 3.63) is 28.9 Å². The molecule has 0 radical (unpaired) electrons. The van der Waals surface area contributed by atoms with E-state index in [1.165, 1.54) is 4.68 Å². The molecule has 2 aromatic rings. The highest BCUT2D eigenvalue weighted by molar-refractivity contribution is 5.76. The van der Waals surface area contributed by atoms with Crippen LogP contribution >= 0.6 is 0 Å². The van der Waals surface area contributed by atoms with Gasteiger partial charge in [-0.3, -0.25) is 4.79 Å². The van der Waals surface area contributed by atoms with Crippen LogP contribution in [0.2, 0.25) is 0 Å². The number of carbonyl (C=O) groups is 1. The molecule has 2 heterocycles. The molecule has 1 amide bonds. The molecule has 0 saturated heterocycles. The first-order valence-electron chi connectivity index (χ1n) is 6.32. The average Bonchev–Trinajstić information content (AvgIpc) is 2.96. The fourth-order valence-electron chi connectivity index (χ4n) is 2.12. The van der Waals surface area contributed by atoms with E-state index in [4.69, 9.17) is 10.3 Å². The van der Waals surface area contributed by atoms with Gasteiger partial charge in [0.1, 0.15) is 12.3 Å². The van der Waals surface area contributed by atoms with Gasteiger partial charge in [-0.15, -0.1) is 5.10 Å². The lowest BCUT2D eigenvalue weighted by atomic mass is 10.1. The Morgan fingerprint density at radius 1 is 1.55 bits per heavy atom. The smallest absolute Gasteiger partial charge is 0.242 e. The van der Waals surface area contributed by atoms with Crippen molar-refractivity contribution in [3.8, 4) is 0 Å². The Hall–Kier alpha value is -2.22. The molecule has 2 rings (SSSR count). The fraction of sp³-hybridized carbons (Fsp3) is 0.500. The largest absolute Gasteiger partial charge is 0.361 e. The Bertz CT molecular complexity index is 583. The van der Waals surface area contributed by atoms with Gasteiger partial charge in [-0.25, -0.2) is 4.68 Å². The number of aryl methyl sites for hydroxylation is 2. The third kappa shape index (κ3) is 3.02. The molecule has 0 aromatic carbocycles. The summed E-state index contributed by atoms with van der Waals surface area (Å²) in [6.45, 7) is 5.96. The Kier molecular flexibility index (Phi) is 4.14. The van der Waals surface area contributed by atoms with E-state index in [1.807, 2.05) is 20.8 Å². The van der Waals surface area contributed by atoms with Crippen LogP contribution in [0.15, 0.2) is 10.7 Å². The first kappa shape index (κ1) is 14.2. The van der Waals surface area contributed by atoms with Crippen LogP contribution in [0, 0.1) is 13.8 Å². The van der Waals surface area contributed by atoms with E-state index in [0.29, 0.717) is 18.0 Å². The SMILES string of the molecule is Cc1noc(C)c1C(C)NC(=O)Cn1cc(CN)nn1. The van der Waals surface area contributed by atoms with Crippen molar-refractivity contribution in [2.24, 2.45) is 5.73 Å². The first-order chi connectivity index (χ1) is 9.51. The van der Waals surface area contributed by atoms with Crippen LogP contribution in [0.1, 0.15) is 35.7 Å². The highest BCUT2D eigenvalue weighted by Crippen LogP contribution is 2.20. The molecule has 3 N–H and O–H groups in total. The summed E-state index contributed by atoms with van der Waals surface area (Å²) >= 11 is 0. The van der Waals surface area contributed by atoms with Gasteiger partial charge in [0.2, 0.25) is 5.91 Å². The van der Waals surface area contributed by atoms with Crippen molar-refractivity contribution in [3.63, 3.8) is 0 Å². The van der Waals surface area contributed by atoms with Crippen molar-refractivity contribution in [2.45, 2.75) is 39.9 Å². The van der Waals surface area contributed by atoms with Crippen LogP contribution in [0.5, 0.6) is 0 Å². The summed E-state index contributed by atoms with van der Waals surface area (Å²) in [5, 5.41) is 14.4. The number of rotatable bonds is 5. The zero-order chi connectivity index (χ0) is 14.7. The standard InChI is InChI=1S/C12H18N6O2/c1-7(12-8(2)16-20-9(12)3)14-11(19)6-18-5-10(4-13)15-17-18/h5,7H,4,6,13H2,1-3H3,(H,14,19). The van der Waals surface area contributed by atoms with Crippen molar-refractivity contribution in [2.75, 3.05) is 0 Å². The van der Waals surface area contributed by atoms with Gasteiger partial charge in [0, 0.05) is 12.1 Å². The fourth-order valence-corrected chi connectivity index (χ4v) is 2.12. The number of hydrogen-bond acceptors (Lipinski definition) is 6. The van der Waals surface area contributed by atoms with Crippen molar-refractivity contribution >= 4 is 5.91 Å². The van der Waals surface area contributed by atoms with E-state index >= 15 is 0 Å².